The molecule has 1 heterocycles. The largest absolute Gasteiger partial charge is 0.435 e. The third-order valence-electron chi connectivity index (χ3n) is 4.03. The van der Waals surface area contributed by atoms with Crippen LogP contribution in [0.15, 0.2) is 52.9 Å². The molecule has 0 saturated carbocycles. The zero-order valence-corrected chi connectivity index (χ0v) is 14.7. The summed E-state index contributed by atoms with van der Waals surface area (Å²) in [5, 5.41) is 3.78. The Morgan fingerprint density at radius 3 is 2.38 bits per heavy atom. The van der Waals surface area contributed by atoms with Gasteiger partial charge in [-0.05, 0) is 31.5 Å². The quantitative estimate of drug-likeness (QED) is 0.630. The summed E-state index contributed by atoms with van der Waals surface area (Å²) >= 11 is 0.0623. The van der Waals surface area contributed by atoms with Gasteiger partial charge in [-0.1, -0.05) is 36.4 Å². The fourth-order valence-corrected chi connectivity index (χ4v) is 3.11. The van der Waals surface area contributed by atoms with Gasteiger partial charge < -0.3 is 0 Å². The molecule has 1 aromatic heterocycles. The highest BCUT2D eigenvalue weighted by atomic mass is 32.1. The van der Waals surface area contributed by atoms with Crippen molar-refractivity contribution in [3.63, 3.8) is 0 Å². The third kappa shape index (κ3) is 3.32. The average Bonchev–Trinajstić information content (AvgIpc) is 3.05. The Morgan fingerprint density at radius 2 is 1.77 bits per heavy atom. The lowest BCUT2D eigenvalue weighted by Crippen LogP contribution is -2.08. The number of aromatic nitrogens is 2. The van der Waals surface area contributed by atoms with Gasteiger partial charge in [0, 0.05) is 11.1 Å². The van der Waals surface area contributed by atoms with Crippen LogP contribution in [0.4, 0.5) is 18.9 Å². The molecule has 0 aliphatic heterocycles. The van der Waals surface area contributed by atoms with Crippen molar-refractivity contribution in [2.45, 2.75) is 20.0 Å². The van der Waals surface area contributed by atoms with Gasteiger partial charge in [-0.15, -0.1) is 0 Å². The maximum atomic E-state index is 13.2. The van der Waals surface area contributed by atoms with E-state index in [4.69, 9.17) is 0 Å². The fourth-order valence-electron chi connectivity index (χ4n) is 2.75. The van der Waals surface area contributed by atoms with Crippen LogP contribution in [0, 0.1) is 13.8 Å². The van der Waals surface area contributed by atoms with E-state index in [9.17, 15) is 17.4 Å². The minimum absolute atomic E-state index is 0.0623. The molecule has 0 N–H and O–H groups in total. The molecule has 8 heteroatoms. The smallest absolute Gasteiger partial charge is 0.232 e. The van der Waals surface area contributed by atoms with Crippen LogP contribution in [0.1, 0.15) is 16.8 Å². The highest BCUT2D eigenvalue weighted by Crippen LogP contribution is 2.35. The second-order valence-corrected chi connectivity index (χ2v) is 6.06. The minimum Gasteiger partial charge on any atom is -0.232 e. The van der Waals surface area contributed by atoms with Crippen molar-refractivity contribution < 1.29 is 17.4 Å². The first-order chi connectivity index (χ1) is 12.3. The summed E-state index contributed by atoms with van der Waals surface area (Å²) in [4.78, 5) is 0. The summed E-state index contributed by atoms with van der Waals surface area (Å²) in [6.07, 6.45) is -4.56. The number of hydrogen-bond donors (Lipinski definition) is 0. The van der Waals surface area contributed by atoms with E-state index < -0.39 is 11.9 Å². The lowest BCUT2D eigenvalue weighted by Gasteiger charge is -2.13. The van der Waals surface area contributed by atoms with Crippen LogP contribution in [0.5, 0.6) is 0 Å². The molecule has 0 aliphatic rings. The molecule has 3 aromatic rings. The van der Waals surface area contributed by atoms with Crippen LogP contribution in [-0.4, -0.2) is 14.0 Å². The Kier molecular flexibility index (Phi) is 4.78. The zero-order valence-electron chi connectivity index (χ0n) is 13.9. The first-order valence-electron chi connectivity index (χ1n) is 7.66. The summed E-state index contributed by atoms with van der Waals surface area (Å²) in [6.45, 7) is 3.50. The van der Waals surface area contributed by atoms with E-state index >= 15 is 0 Å². The topological polar surface area (TPSA) is 47.2 Å². The van der Waals surface area contributed by atoms with Crippen molar-refractivity contribution in [1.82, 2.24) is 9.78 Å². The van der Waals surface area contributed by atoms with Crippen molar-refractivity contribution in [2.24, 2.45) is 4.36 Å². The van der Waals surface area contributed by atoms with E-state index in [0.717, 1.165) is 11.6 Å². The normalized spacial score (nSPS) is 11.4. The Balaban J connectivity index is 2.30. The van der Waals surface area contributed by atoms with Gasteiger partial charge in [0.05, 0.1) is 17.1 Å². The van der Waals surface area contributed by atoms with Crippen LogP contribution in [0.25, 0.3) is 16.9 Å². The molecule has 4 nitrogen and oxygen atoms in total. The highest BCUT2D eigenvalue weighted by molar-refractivity contribution is 7.54. The Labute approximate surface area is 151 Å². The predicted molar refractivity (Wildman–Crippen MR) is 93.7 cm³/mol. The van der Waals surface area contributed by atoms with E-state index in [1.165, 1.54) is 4.68 Å². The number of hydrogen-bond acceptors (Lipinski definition) is 3. The number of nitrogens with zero attached hydrogens (tertiary/aromatic N) is 3. The van der Waals surface area contributed by atoms with Crippen molar-refractivity contribution in [3.8, 4) is 16.9 Å². The van der Waals surface area contributed by atoms with Gasteiger partial charge in [-0.2, -0.15) is 26.8 Å². The number of benzene rings is 2. The highest BCUT2D eigenvalue weighted by Gasteiger charge is 2.35. The Morgan fingerprint density at radius 1 is 1.08 bits per heavy atom. The van der Waals surface area contributed by atoms with Gasteiger partial charge in [0.1, 0.15) is 0 Å². The Bertz CT molecular complexity index is 1010. The Hall–Kier alpha value is -2.74. The summed E-state index contributed by atoms with van der Waals surface area (Å²) in [7, 11) is 0. The minimum atomic E-state index is -4.56. The van der Waals surface area contributed by atoms with Crippen molar-refractivity contribution in [3.05, 3.63) is 65.4 Å². The van der Waals surface area contributed by atoms with Crippen LogP contribution >= 0.6 is 0 Å². The first kappa shape index (κ1) is 18.1. The first-order valence-corrected chi connectivity index (χ1v) is 8.36. The van der Waals surface area contributed by atoms with E-state index in [-0.39, 0.29) is 11.5 Å². The SMILES string of the molecule is Cc1ccc(-n2nc(C(F)(F)F)cc2-c2ccccc2)c(C)c1N=S=O. The predicted octanol–water partition coefficient (Wildman–Crippen LogP) is 5.20. The van der Waals surface area contributed by atoms with Crippen LogP contribution in [0.3, 0.4) is 0 Å². The molecular formula is C18H14F3N3OS. The van der Waals surface area contributed by atoms with E-state index in [2.05, 4.69) is 9.46 Å². The fraction of sp³-hybridized carbons (Fsp3) is 0.167. The van der Waals surface area contributed by atoms with Gasteiger partial charge in [0.25, 0.3) is 0 Å². The number of halogens is 3. The molecule has 0 aliphatic carbocycles. The maximum absolute atomic E-state index is 13.2. The number of rotatable bonds is 3. The van der Waals surface area contributed by atoms with E-state index in [1.807, 2.05) is 0 Å². The van der Waals surface area contributed by atoms with Gasteiger partial charge >= 0.3 is 6.18 Å². The monoisotopic (exact) mass is 377 g/mol. The van der Waals surface area contributed by atoms with Gasteiger partial charge in [-0.25, -0.2) is 4.68 Å². The number of alkyl halides is 3. The summed E-state index contributed by atoms with van der Waals surface area (Å²) in [5.41, 5.74) is 2.18. The average molecular weight is 377 g/mol. The second kappa shape index (κ2) is 6.87. The summed E-state index contributed by atoms with van der Waals surface area (Å²) < 4.78 is 55.7. The molecule has 0 unspecified atom stereocenters. The molecule has 0 radical (unpaired) electrons. The molecule has 26 heavy (non-hydrogen) atoms. The molecule has 134 valence electrons. The number of aryl methyl sites for hydroxylation is 1. The van der Waals surface area contributed by atoms with Gasteiger partial charge in [0.2, 0.25) is 11.5 Å². The molecular weight excluding hydrogens is 363 g/mol. The summed E-state index contributed by atoms with van der Waals surface area (Å²) in [6, 6.07) is 13.1. The lowest BCUT2D eigenvalue weighted by atomic mass is 10.1. The van der Waals surface area contributed by atoms with Crippen molar-refractivity contribution >= 4 is 17.2 Å². The van der Waals surface area contributed by atoms with Crippen LogP contribution in [-0.2, 0) is 17.6 Å². The zero-order chi connectivity index (χ0) is 18.9. The van der Waals surface area contributed by atoms with Crippen molar-refractivity contribution in [2.75, 3.05) is 0 Å². The molecule has 0 amide bonds. The molecule has 0 atom stereocenters. The van der Waals surface area contributed by atoms with Crippen LogP contribution in [0.2, 0.25) is 0 Å². The van der Waals surface area contributed by atoms with Crippen LogP contribution < -0.4 is 0 Å². The maximum Gasteiger partial charge on any atom is 0.435 e. The summed E-state index contributed by atoms with van der Waals surface area (Å²) in [5.74, 6) is 0. The molecule has 2 aromatic carbocycles. The van der Waals surface area contributed by atoms with E-state index in [0.29, 0.717) is 28.2 Å². The molecule has 0 bridgehead atoms. The van der Waals surface area contributed by atoms with E-state index in [1.54, 1.807) is 56.3 Å². The lowest BCUT2D eigenvalue weighted by molar-refractivity contribution is -0.141. The third-order valence-corrected chi connectivity index (χ3v) is 4.29. The van der Waals surface area contributed by atoms with Gasteiger partial charge in [0.15, 0.2) is 5.69 Å². The van der Waals surface area contributed by atoms with Gasteiger partial charge in [-0.3, -0.25) is 0 Å². The molecule has 0 fully saturated rings. The second-order valence-electron chi connectivity index (χ2n) is 5.73. The molecule has 0 spiro atoms. The van der Waals surface area contributed by atoms with Crippen molar-refractivity contribution in [1.29, 1.82) is 0 Å². The molecule has 3 rings (SSSR count). The standard InChI is InChI=1S/C18H14F3N3OS/c1-11-8-9-14(12(2)17(11)23-26-25)24-15(13-6-4-3-5-7-13)10-16(22-24)18(19,20)21/h3-10H,1-2H3. The molecule has 0 saturated heterocycles.